The third-order valence-electron chi connectivity index (χ3n) is 4.51. The molecule has 0 aliphatic carbocycles. The third-order valence-corrected chi connectivity index (χ3v) is 7.00. The zero-order chi connectivity index (χ0) is 20.5. The molecule has 6 nitrogen and oxygen atoms in total. The molecule has 0 radical (unpaired) electrons. The zero-order valence-corrected chi connectivity index (χ0v) is 17.8. The fourth-order valence-corrected chi connectivity index (χ4v) is 5.31. The second-order valence-corrected chi connectivity index (χ2v) is 8.40. The van der Waals surface area contributed by atoms with Crippen LogP contribution in [0.1, 0.15) is 17.3 Å². The molecule has 0 atom stereocenters. The van der Waals surface area contributed by atoms with Crippen molar-refractivity contribution >= 4 is 51.9 Å². The second-order valence-electron chi connectivity index (χ2n) is 6.39. The van der Waals surface area contributed by atoms with Crippen LogP contribution in [0.25, 0.3) is 0 Å². The van der Waals surface area contributed by atoms with Gasteiger partial charge in [0.15, 0.2) is 5.17 Å². The first-order chi connectivity index (χ1) is 14.0. The molecule has 1 amide bonds. The van der Waals surface area contributed by atoms with Gasteiger partial charge in [-0.05, 0) is 55.1 Å². The van der Waals surface area contributed by atoms with Crippen LogP contribution in [0, 0.1) is 0 Å². The van der Waals surface area contributed by atoms with Crippen LogP contribution in [-0.4, -0.2) is 42.6 Å². The lowest BCUT2D eigenvalue weighted by Crippen LogP contribution is -2.24. The van der Waals surface area contributed by atoms with E-state index in [-0.39, 0.29) is 11.9 Å². The standard InChI is InChI=1S/C21H19N3O3S2/c1-4-27-20(26)13-9-11-14(12-10-13)22-21-24(3)18(25)17(29-21)19-23(2)15-7-5-6-8-16(15)28-19/h5-12H,4H2,1-3H3. The minimum atomic E-state index is -0.359. The molecule has 2 aromatic rings. The van der Waals surface area contributed by atoms with Crippen LogP contribution >= 0.6 is 23.5 Å². The van der Waals surface area contributed by atoms with E-state index in [0.29, 0.717) is 27.9 Å². The van der Waals surface area contributed by atoms with Gasteiger partial charge in [0.2, 0.25) is 0 Å². The Bertz CT molecular complexity index is 1050. The molecule has 148 valence electrons. The molecule has 2 aliphatic rings. The normalized spacial score (nSPS) is 19.8. The number of esters is 1. The summed E-state index contributed by atoms with van der Waals surface area (Å²) in [6.45, 7) is 2.10. The van der Waals surface area contributed by atoms with Crippen LogP contribution in [0.5, 0.6) is 0 Å². The highest BCUT2D eigenvalue weighted by Crippen LogP contribution is 2.49. The molecule has 2 heterocycles. The summed E-state index contributed by atoms with van der Waals surface area (Å²) < 4.78 is 5.00. The number of hydrogen-bond acceptors (Lipinski definition) is 7. The van der Waals surface area contributed by atoms with E-state index in [2.05, 4.69) is 11.1 Å². The number of anilines is 1. The quantitative estimate of drug-likeness (QED) is 0.534. The molecule has 1 saturated heterocycles. The van der Waals surface area contributed by atoms with Gasteiger partial charge >= 0.3 is 5.97 Å². The van der Waals surface area contributed by atoms with Crippen molar-refractivity contribution in [1.29, 1.82) is 0 Å². The van der Waals surface area contributed by atoms with Gasteiger partial charge in [0.25, 0.3) is 5.91 Å². The molecular formula is C21H19N3O3S2. The van der Waals surface area contributed by atoms with Gasteiger partial charge in [-0.25, -0.2) is 9.79 Å². The third kappa shape index (κ3) is 3.65. The first-order valence-corrected chi connectivity index (χ1v) is 10.7. The summed E-state index contributed by atoms with van der Waals surface area (Å²) in [5.74, 6) is -0.429. The number of likely N-dealkylation sites (N-methyl/N-ethyl adjacent to an activating group) is 1. The molecule has 8 heteroatoms. The topological polar surface area (TPSA) is 62.2 Å². The number of para-hydroxylation sites is 1. The number of hydrogen-bond donors (Lipinski definition) is 0. The van der Waals surface area contributed by atoms with Crippen LogP contribution < -0.4 is 4.90 Å². The molecule has 2 aromatic carbocycles. The van der Waals surface area contributed by atoms with Gasteiger partial charge in [-0.2, -0.15) is 0 Å². The van der Waals surface area contributed by atoms with Crippen molar-refractivity contribution in [3.8, 4) is 0 Å². The first kappa shape index (κ1) is 19.6. The van der Waals surface area contributed by atoms with Gasteiger partial charge in [-0.15, -0.1) is 0 Å². The number of carbonyl (C=O) groups excluding carboxylic acids is 2. The Kier molecular flexibility index (Phi) is 5.38. The molecule has 2 aliphatic heterocycles. The number of benzene rings is 2. The molecule has 0 unspecified atom stereocenters. The van der Waals surface area contributed by atoms with Gasteiger partial charge in [0.1, 0.15) is 4.91 Å². The Balaban J connectivity index is 1.60. The minimum absolute atomic E-state index is 0.0703. The molecule has 4 rings (SSSR count). The lowest BCUT2D eigenvalue weighted by atomic mass is 10.2. The van der Waals surface area contributed by atoms with Crippen LogP contribution in [0.3, 0.4) is 0 Å². The predicted molar refractivity (Wildman–Crippen MR) is 118 cm³/mol. The Labute approximate surface area is 177 Å². The molecule has 29 heavy (non-hydrogen) atoms. The number of fused-ring (bicyclic) bond motifs is 1. The summed E-state index contributed by atoms with van der Waals surface area (Å²) in [5.41, 5.74) is 2.24. The maximum atomic E-state index is 12.9. The number of rotatable bonds is 3. The fraction of sp³-hybridized carbons (Fsp3) is 0.190. The predicted octanol–water partition coefficient (Wildman–Crippen LogP) is 4.47. The van der Waals surface area contributed by atoms with Gasteiger partial charge in [-0.3, -0.25) is 9.69 Å². The van der Waals surface area contributed by atoms with E-state index in [0.717, 1.165) is 15.6 Å². The second kappa shape index (κ2) is 7.96. The van der Waals surface area contributed by atoms with Gasteiger partial charge in [0, 0.05) is 19.0 Å². The highest BCUT2D eigenvalue weighted by Gasteiger charge is 2.37. The van der Waals surface area contributed by atoms with E-state index in [4.69, 9.17) is 4.74 Å². The molecular weight excluding hydrogens is 406 g/mol. The lowest BCUT2D eigenvalue weighted by Gasteiger charge is -2.14. The average Bonchev–Trinajstić information content (AvgIpc) is 3.20. The number of carbonyl (C=O) groups is 2. The summed E-state index contributed by atoms with van der Waals surface area (Å²) in [6, 6.07) is 14.9. The molecule has 0 spiro atoms. The number of thioether (sulfide) groups is 2. The Hall–Kier alpha value is -2.71. The summed E-state index contributed by atoms with van der Waals surface area (Å²) in [7, 11) is 3.69. The SMILES string of the molecule is CCOC(=O)c1ccc(N=C2SC(=C3Sc4ccccc4N3C)C(=O)N2C)cc1. The van der Waals surface area contributed by atoms with Crippen LogP contribution in [-0.2, 0) is 9.53 Å². The van der Waals surface area contributed by atoms with Crippen molar-refractivity contribution in [2.45, 2.75) is 11.8 Å². The molecule has 0 saturated carbocycles. The largest absolute Gasteiger partial charge is 0.462 e. The van der Waals surface area contributed by atoms with Crippen LogP contribution in [0.2, 0.25) is 0 Å². The smallest absolute Gasteiger partial charge is 0.338 e. The van der Waals surface area contributed by atoms with Crippen molar-refractivity contribution in [2.24, 2.45) is 4.99 Å². The molecule has 0 aromatic heterocycles. The first-order valence-electron chi connectivity index (χ1n) is 9.06. The average molecular weight is 426 g/mol. The van der Waals surface area contributed by atoms with E-state index in [1.807, 2.05) is 30.1 Å². The summed E-state index contributed by atoms with van der Waals surface area (Å²) in [4.78, 5) is 34.7. The van der Waals surface area contributed by atoms with Crippen molar-refractivity contribution in [3.63, 3.8) is 0 Å². The zero-order valence-electron chi connectivity index (χ0n) is 16.2. The summed E-state index contributed by atoms with van der Waals surface area (Å²) in [6.07, 6.45) is 0. The van der Waals surface area contributed by atoms with Crippen molar-refractivity contribution < 1.29 is 14.3 Å². The Morgan fingerprint density at radius 3 is 2.45 bits per heavy atom. The minimum Gasteiger partial charge on any atom is -0.462 e. The maximum Gasteiger partial charge on any atom is 0.338 e. The Morgan fingerprint density at radius 2 is 1.76 bits per heavy atom. The van der Waals surface area contributed by atoms with Gasteiger partial charge in [-0.1, -0.05) is 23.9 Å². The highest BCUT2D eigenvalue weighted by atomic mass is 32.2. The molecule has 0 N–H and O–H groups in total. The van der Waals surface area contributed by atoms with Gasteiger partial charge in [0.05, 0.1) is 28.6 Å². The maximum absolute atomic E-state index is 12.9. The van der Waals surface area contributed by atoms with E-state index in [9.17, 15) is 9.59 Å². The van der Waals surface area contributed by atoms with Crippen LogP contribution in [0.15, 0.2) is 68.4 Å². The van der Waals surface area contributed by atoms with Crippen molar-refractivity contribution in [1.82, 2.24) is 4.90 Å². The fourth-order valence-electron chi connectivity index (χ4n) is 2.97. The number of nitrogens with zero attached hydrogens (tertiary/aromatic N) is 3. The number of ether oxygens (including phenoxy) is 1. The lowest BCUT2D eigenvalue weighted by molar-refractivity contribution is -0.121. The van der Waals surface area contributed by atoms with Crippen LogP contribution in [0.4, 0.5) is 11.4 Å². The monoisotopic (exact) mass is 425 g/mol. The van der Waals surface area contributed by atoms with E-state index in [1.165, 1.54) is 11.8 Å². The van der Waals surface area contributed by atoms with E-state index < -0.39 is 0 Å². The van der Waals surface area contributed by atoms with E-state index in [1.54, 1.807) is 54.9 Å². The van der Waals surface area contributed by atoms with Crippen molar-refractivity contribution in [2.75, 3.05) is 25.6 Å². The summed E-state index contributed by atoms with van der Waals surface area (Å²) in [5, 5.41) is 1.52. The number of amidine groups is 1. The molecule has 1 fully saturated rings. The summed E-state index contributed by atoms with van der Waals surface area (Å²) >= 11 is 2.96. The number of aliphatic imine (C=N–C) groups is 1. The molecule has 0 bridgehead atoms. The van der Waals surface area contributed by atoms with E-state index >= 15 is 0 Å². The number of amides is 1. The Morgan fingerprint density at radius 1 is 1.03 bits per heavy atom. The van der Waals surface area contributed by atoms with Crippen molar-refractivity contribution in [3.05, 3.63) is 64.0 Å². The van der Waals surface area contributed by atoms with Gasteiger partial charge < -0.3 is 9.64 Å². The highest BCUT2D eigenvalue weighted by molar-refractivity contribution is 8.19.